The highest BCUT2D eigenvalue weighted by Gasteiger charge is 2.14. The van der Waals surface area contributed by atoms with Crippen LogP contribution in [-0.2, 0) is 11.4 Å². The van der Waals surface area contributed by atoms with E-state index in [2.05, 4.69) is 37.2 Å². The van der Waals surface area contributed by atoms with Gasteiger partial charge in [-0.15, -0.1) is 0 Å². The highest BCUT2D eigenvalue weighted by Crippen LogP contribution is 2.36. The first-order valence-corrected chi connectivity index (χ1v) is 11.3. The second kappa shape index (κ2) is 10.8. The zero-order valence-electron chi connectivity index (χ0n) is 15.8. The maximum absolute atomic E-state index is 12.6. The number of anilines is 1. The zero-order chi connectivity index (χ0) is 22.4. The Kier molecular flexibility index (Phi) is 8.16. The molecule has 0 aromatic heterocycles. The van der Waals surface area contributed by atoms with E-state index in [4.69, 9.17) is 27.9 Å². The minimum Gasteiger partial charge on any atom is -0.487 e. The Morgan fingerprint density at radius 1 is 1.06 bits per heavy atom. The lowest BCUT2D eigenvalue weighted by Gasteiger charge is -2.12. The van der Waals surface area contributed by atoms with Gasteiger partial charge in [-0.2, -0.15) is 5.26 Å². The number of nitrogens with one attached hydrogen (secondary N) is 1. The lowest BCUT2D eigenvalue weighted by atomic mass is 10.1. The van der Waals surface area contributed by atoms with Gasteiger partial charge >= 0.3 is 0 Å². The maximum Gasteiger partial charge on any atom is 0.266 e. The topological polar surface area (TPSA) is 62.1 Å². The Bertz CT molecular complexity index is 1170. The van der Waals surface area contributed by atoms with Gasteiger partial charge in [0, 0.05) is 0 Å². The van der Waals surface area contributed by atoms with Crippen molar-refractivity contribution in [3.05, 3.63) is 96.4 Å². The summed E-state index contributed by atoms with van der Waals surface area (Å²) >= 11 is 19.1. The van der Waals surface area contributed by atoms with E-state index in [1.165, 1.54) is 6.08 Å². The summed E-state index contributed by atoms with van der Waals surface area (Å²) in [4.78, 5) is 12.6. The molecule has 0 bridgehead atoms. The minimum absolute atomic E-state index is 0.0900. The van der Waals surface area contributed by atoms with Gasteiger partial charge in [0.15, 0.2) is 0 Å². The molecule has 0 aliphatic heterocycles. The van der Waals surface area contributed by atoms with Crippen molar-refractivity contribution in [3.8, 4) is 11.8 Å². The van der Waals surface area contributed by atoms with Crippen molar-refractivity contribution in [2.45, 2.75) is 6.61 Å². The number of nitrogens with zero attached hydrogens (tertiary/aromatic N) is 1. The van der Waals surface area contributed by atoms with Gasteiger partial charge < -0.3 is 10.1 Å². The lowest BCUT2D eigenvalue weighted by Crippen LogP contribution is -2.13. The average molecular weight is 581 g/mol. The molecule has 0 heterocycles. The van der Waals surface area contributed by atoms with Crippen molar-refractivity contribution < 1.29 is 9.53 Å². The predicted molar refractivity (Wildman–Crippen MR) is 131 cm³/mol. The summed E-state index contributed by atoms with van der Waals surface area (Å²) in [5.74, 6) is 0.0259. The van der Waals surface area contributed by atoms with E-state index >= 15 is 0 Å². The summed E-state index contributed by atoms with van der Waals surface area (Å²) in [7, 11) is 0. The molecule has 0 atom stereocenters. The van der Waals surface area contributed by atoms with Crippen LogP contribution in [0.5, 0.6) is 5.75 Å². The van der Waals surface area contributed by atoms with Crippen LogP contribution in [0.2, 0.25) is 10.0 Å². The Balaban J connectivity index is 1.80. The van der Waals surface area contributed by atoms with Crippen molar-refractivity contribution >= 4 is 72.7 Å². The zero-order valence-corrected chi connectivity index (χ0v) is 20.5. The monoisotopic (exact) mass is 578 g/mol. The highest BCUT2D eigenvalue weighted by atomic mass is 79.9. The number of hydrogen-bond donors (Lipinski definition) is 1. The van der Waals surface area contributed by atoms with Crippen molar-refractivity contribution in [1.82, 2.24) is 0 Å². The van der Waals surface area contributed by atoms with Crippen LogP contribution in [0.25, 0.3) is 6.08 Å². The van der Waals surface area contributed by atoms with Gasteiger partial charge in [0.1, 0.15) is 24.0 Å². The van der Waals surface area contributed by atoms with Crippen LogP contribution in [0.4, 0.5) is 5.69 Å². The van der Waals surface area contributed by atoms with Crippen molar-refractivity contribution in [3.63, 3.8) is 0 Å². The van der Waals surface area contributed by atoms with Crippen LogP contribution in [0.15, 0.2) is 75.2 Å². The number of ether oxygens (including phenoxy) is 1. The molecule has 3 aromatic carbocycles. The fraction of sp³-hybridized carbons (Fsp3) is 0.0435. The molecule has 0 saturated carbocycles. The Hall–Kier alpha value is -2.30. The van der Waals surface area contributed by atoms with Crippen molar-refractivity contribution in [2.75, 3.05) is 5.32 Å². The molecule has 0 saturated heterocycles. The van der Waals surface area contributed by atoms with Crippen LogP contribution in [-0.4, -0.2) is 5.91 Å². The van der Waals surface area contributed by atoms with E-state index in [9.17, 15) is 10.1 Å². The summed E-state index contributed by atoms with van der Waals surface area (Å²) in [6, 6.07) is 20.1. The molecule has 1 amide bonds. The van der Waals surface area contributed by atoms with Crippen molar-refractivity contribution in [1.29, 1.82) is 5.26 Å². The molecule has 8 heteroatoms. The summed E-state index contributed by atoms with van der Waals surface area (Å²) in [6.45, 7) is 0.402. The third kappa shape index (κ3) is 6.11. The van der Waals surface area contributed by atoms with Gasteiger partial charge in [-0.25, -0.2) is 0 Å². The number of carbonyl (C=O) groups is 1. The molecule has 0 aliphatic rings. The van der Waals surface area contributed by atoms with Gasteiger partial charge in [0.2, 0.25) is 0 Å². The van der Waals surface area contributed by atoms with Gasteiger partial charge in [-0.1, -0.05) is 59.6 Å². The fourth-order valence-corrected chi connectivity index (χ4v) is 4.43. The predicted octanol–water partition coefficient (Wildman–Crippen LogP) is 7.64. The number of amides is 1. The molecule has 0 radical (unpaired) electrons. The molecule has 4 nitrogen and oxygen atoms in total. The van der Waals surface area contributed by atoms with E-state index in [1.54, 1.807) is 30.3 Å². The Morgan fingerprint density at radius 3 is 2.39 bits per heavy atom. The van der Waals surface area contributed by atoms with Crippen molar-refractivity contribution in [2.24, 2.45) is 0 Å². The molecular formula is C23H14Br2Cl2N2O2. The first kappa shape index (κ1) is 23.4. The van der Waals surface area contributed by atoms with Crippen LogP contribution < -0.4 is 10.1 Å². The minimum atomic E-state index is -0.594. The molecule has 3 rings (SSSR count). The molecule has 0 fully saturated rings. The van der Waals surface area contributed by atoms with Gasteiger partial charge in [0.05, 0.1) is 24.7 Å². The Morgan fingerprint density at radius 2 is 1.74 bits per heavy atom. The highest BCUT2D eigenvalue weighted by molar-refractivity contribution is 9.11. The molecular weight excluding hydrogens is 567 g/mol. The molecule has 1 N–H and O–H groups in total. The first-order valence-electron chi connectivity index (χ1n) is 8.92. The molecule has 0 aliphatic carbocycles. The number of benzene rings is 3. The quantitative estimate of drug-likeness (QED) is 0.241. The molecule has 31 heavy (non-hydrogen) atoms. The standard InChI is InChI=1S/C23H14Br2Cl2N2O2/c24-17-10-15(11-18(25)22(17)31-13-14-5-2-1-3-6-14)9-16(12-28)23(30)29-20-8-4-7-19(26)21(20)27/h1-11H,13H2,(H,29,30)/b16-9+. The molecule has 0 unspecified atom stereocenters. The summed E-state index contributed by atoms with van der Waals surface area (Å²) in [5.41, 5.74) is 1.91. The van der Waals surface area contributed by atoms with E-state index < -0.39 is 5.91 Å². The first-order chi connectivity index (χ1) is 14.9. The summed E-state index contributed by atoms with van der Waals surface area (Å²) in [5, 5.41) is 12.6. The van der Waals surface area contributed by atoms with Gasteiger partial charge in [-0.05, 0) is 73.3 Å². The smallest absolute Gasteiger partial charge is 0.266 e. The molecule has 0 spiro atoms. The Labute approximate surface area is 206 Å². The van der Waals surface area contributed by atoms with E-state index in [-0.39, 0.29) is 10.6 Å². The van der Waals surface area contributed by atoms with Crippen LogP contribution in [0.1, 0.15) is 11.1 Å². The van der Waals surface area contributed by atoms with Crippen LogP contribution >= 0.6 is 55.1 Å². The maximum atomic E-state index is 12.6. The molecule has 3 aromatic rings. The summed E-state index contributed by atoms with van der Waals surface area (Å²) < 4.78 is 7.27. The third-order valence-corrected chi connectivity index (χ3v) is 6.12. The van der Waals surface area contributed by atoms with E-state index in [0.717, 1.165) is 5.56 Å². The normalized spacial score (nSPS) is 11.0. The second-order valence-electron chi connectivity index (χ2n) is 6.31. The average Bonchev–Trinajstić information content (AvgIpc) is 2.75. The van der Waals surface area contributed by atoms with Gasteiger partial charge in [-0.3, -0.25) is 4.79 Å². The van der Waals surface area contributed by atoms with E-state index in [0.29, 0.717) is 37.6 Å². The number of halogens is 4. The number of carbonyl (C=O) groups excluding carboxylic acids is 1. The SMILES string of the molecule is N#C/C(=C\c1cc(Br)c(OCc2ccccc2)c(Br)c1)C(=O)Nc1cccc(Cl)c1Cl. The number of hydrogen-bond acceptors (Lipinski definition) is 3. The van der Waals surface area contributed by atoms with E-state index in [1.807, 2.05) is 36.4 Å². The third-order valence-electron chi connectivity index (χ3n) is 4.12. The second-order valence-corrected chi connectivity index (χ2v) is 8.81. The molecule has 156 valence electrons. The van der Waals surface area contributed by atoms with Crippen LogP contribution in [0.3, 0.4) is 0 Å². The van der Waals surface area contributed by atoms with Crippen LogP contribution in [0, 0.1) is 11.3 Å². The fourth-order valence-electron chi connectivity index (χ4n) is 2.64. The lowest BCUT2D eigenvalue weighted by molar-refractivity contribution is -0.112. The summed E-state index contributed by atoms with van der Waals surface area (Å²) in [6.07, 6.45) is 1.48. The number of nitriles is 1. The largest absolute Gasteiger partial charge is 0.487 e. The van der Waals surface area contributed by atoms with Gasteiger partial charge in [0.25, 0.3) is 5.91 Å². The number of rotatable bonds is 6.